The molecule has 0 bridgehead atoms. The van der Waals surface area contributed by atoms with Gasteiger partial charge in [0.25, 0.3) is 0 Å². The number of hydrogen-bond donors (Lipinski definition) is 1. The first kappa shape index (κ1) is 18.0. The van der Waals surface area contributed by atoms with Crippen molar-refractivity contribution in [1.82, 2.24) is 10.2 Å². The average molecular weight is 296 g/mol. The van der Waals surface area contributed by atoms with Crippen LogP contribution >= 0.6 is 0 Å². The van der Waals surface area contributed by atoms with E-state index < -0.39 is 5.60 Å². The number of likely N-dealkylation sites (tertiary alicyclic amines) is 1. The molecular formula is C17H32N2O2. The highest BCUT2D eigenvalue weighted by molar-refractivity contribution is 5.68. The minimum atomic E-state index is -0.419. The van der Waals surface area contributed by atoms with Crippen molar-refractivity contribution in [2.24, 2.45) is 0 Å². The molecule has 0 aromatic carbocycles. The summed E-state index contributed by atoms with van der Waals surface area (Å²) in [5, 5.41) is 3.49. The van der Waals surface area contributed by atoms with E-state index >= 15 is 0 Å². The van der Waals surface area contributed by atoms with E-state index in [1.807, 2.05) is 25.7 Å². The molecular weight excluding hydrogens is 264 g/mol. The number of rotatable bonds is 5. The summed E-state index contributed by atoms with van der Waals surface area (Å²) in [6, 6.07) is 0.697. The highest BCUT2D eigenvalue weighted by atomic mass is 16.6. The molecule has 122 valence electrons. The summed E-state index contributed by atoms with van der Waals surface area (Å²) in [5.74, 6) is 0. The molecule has 1 rings (SSSR count). The molecule has 1 amide bonds. The Kier molecular flexibility index (Phi) is 6.72. The Hall–Kier alpha value is -1.03. The summed E-state index contributed by atoms with van der Waals surface area (Å²) in [6.07, 6.45) is 5.16. The molecule has 1 fully saturated rings. The maximum atomic E-state index is 12.2. The summed E-state index contributed by atoms with van der Waals surface area (Å²) >= 11 is 0. The lowest BCUT2D eigenvalue weighted by Crippen LogP contribution is -2.42. The minimum absolute atomic E-state index is 0.165. The van der Waals surface area contributed by atoms with Crippen LogP contribution in [0.15, 0.2) is 11.6 Å². The van der Waals surface area contributed by atoms with Crippen molar-refractivity contribution in [3.63, 3.8) is 0 Å². The Balaban J connectivity index is 2.46. The molecule has 1 saturated heterocycles. The molecule has 1 heterocycles. The van der Waals surface area contributed by atoms with Crippen molar-refractivity contribution >= 4 is 6.09 Å². The van der Waals surface area contributed by atoms with Gasteiger partial charge in [0.1, 0.15) is 5.60 Å². The van der Waals surface area contributed by atoms with Crippen molar-refractivity contribution in [2.75, 3.05) is 13.1 Å². The fourth-order valence-corrected chi connectivity index (χ4v) is 2.60. The van der Waals surface area contributed by atoms with Crippen LogP contribution in [0.4, 0.5) is 4.79 Å². The first-order valence-corrected chi connectivity index (χ1v) is 8.05. The van der Waals surface area contributed by atoms with E-state index in [9.17, 15) is 4.79 Å². The third-order valence-corrected chi connectivity index (χ3v) is 3.61. The summed E-state index contributed by atoms with van der Waals surface area (Å²) in [6.45, 7) is 13.9. The number of carbonyl (C=O) groups excluding carboxylic acids is 1. The lowest BCUT2D eigenvalue weighted by Gasteiger charge is -2.30. The molecule has 0 radical (unpaired) electrons. The molecule has 0 aromatic rings. The normalized spacial score (nSPS) is 20.3. The van der Waals surface area contributed by atoms with Gasteiger partial charge in [-0.25, -0.2) is 4.79 Å². The zero-order valence-electron chi connectivity index (χ0n) is 14.5. The fraction of sp³-hybridized carbons (Fsp3) is 0.824. The molecule has 2 atom stereocenters. The van der Waals surface area contributed by atoms with Gasteiger partial charge in [-0.15, -0.1) is 0 Å². The Labute approximate surface area is 129 Å². The second-order valence-corrected chi connectivity index (χ2v) is 7.30. The SMILES string of the molecule is CC(C)=CCNC(C)CC1CCCN1C(=O)OC(C)(C)C. The second kappa shape index (κ2) is 7.83. The third-order valence-electron chi connectivity index (χ3n) is 3.61. The summed E-state index contributed by atoms with van der Waals surface area (Å²) in [5.41, 5.74) is 0.906. The van der Waals surface area contributed by atoms with Crippen molar-refractivity contribution in [2.45, 2.75) is 78.5 Å². The van der Waals surface area contributed by atoms with Crippen molar-refractivity contribution in [1.29, 1.82) is 0 Å². The quantitative estimate of drug-likeness (QED) is 0.786. The molecule has 4 nitrogen and oxygen atoms in total. The Morgan fingerprint density at radius 3 is 2.67 bits per heavy atom. The van der Waals surface area contributed by atoms with Crippen LogP contribution in [-0.4, -0.2) is 41.8 Å². The van der Waals surface area contributed by atoms with Crippen LogP contribution in [0.3, 0.4) is 0 Å². The number of nitrogens with one attached hydrogen (secondary N) is 1. The highest BCUT2D eigenvalue weighted by Crippen LogP contribution is 2.24. The van der Waals surface area contributed by atoms with Gasteiger partial charge in [0.05, 0.1) is 0 Å². The summed E-state index contributed by atoms with van der Waals surface area (Å²) in [4.78, 5) is 14.1. The topological polar surface area (TPSA) is 41.6 Å². The molecule has 2 unspecified atom stereocenters. The van der Waals surface area contributed by atoms with Gasteiger partial charge in [-0.05, 0) is 60.8 Å². The maximum absolute atomic E-state index is 12.2. The van der Waals surface area contributed by atoms with E-state index in [0.717, 1.165) is 32.4 Å². The molecule has 0 spiro atoms. The standard InChI is InChI=1S/C17H32N2O2/c1-13(2)9-10-18-14(3)12-15-8-7-11-19(15)16(20)21-17(4,5)6/h9,14-15,18H,7-8,10-12H2,1-6H3. The molecule has 0 saturated carbocycles. The number of amides is 1. The third kappa shape index (κ3) is 6.98. The van der Waals surface area contributed by atoms with Gasteiger partial charge in [-0.2, -0.15) is 0 Å². The van der Waals surface area contributed by atoms with Crippen molar-refractivity contribution < 1.29 is 9.53 Å². The molecule has 21 heavy (non-hydrogen) atoms. The van der Waals surface area contributed by atoms with Crippen LogP contribution in [0, 0.1) is 0 Å². The van der Waals surface area contributed by atoms with Gasteiger partial charge in [-0.3, -0.25) is 0 Å². The zero-order valence-corrected chi connectivity index (χ0v) is 14.5. The van der Waals surface area contributed by atoms with E-state index in [0.29, 0.717) is 12.1 Å². The van der Waals surface area contributed by atoms with Gasteiger partial charge in [0.15, 0.2) is 0 Å². The first-order chi connectivity index (χ1) is 9.69. The fourth-order valence-electron chi connectivity index (χ4n) is 2.60. The average Bonchev–Trinajstić information content (AvgIpc) is 2.74. The van der Waals surface area contributed by atoms with Crippen LogP contribution in [0.1, 0.15) is 60.8 Å². The Morgan fingerprint density at radius 1 is 1.43 bits per heavy atom. The minimum Gasteiger partial charge on any atom is -0.444 e. The van der Waals surface area contributed by atoms with Crippen LogP contribution in [0.2, 0.25) is 0 Å². The van der Waals surface area contributed by atoms with E-state index in [2.05, 4.69) is 32.2 Å². The van der Waals surface area contributed by atoms with Crippen LogP contribution in [0.5, 0.6) is 0 Å². The van der Waals surface area contributed by atoms with Gasteiger partial charge in [-0.1, -0.05) is 11.6 Å². The van der Waals surface area contributed by atoms with Crippen LogP contribution in [0.25, 0.3) is 0 Å². The number of allylic oxidation sites excluding steroid dienone is 1. The van der Waals surface area contributed by atoms with E-state index in [1.165, 1.54) is 5.57 Å². The second-order valence-electron chi connectivity index (χ2n) is 7.30. The Morgan fingerprint density at radius 2 is 2.10 bits per heavy atom. The predicted octanol–water partition coefficient (Wildman–Crippen LogP) is 3.72. The van der Waals surface area contributed by atoms with Crippen molar-refractivity contribution in [3.8, 4) is 0 Å². The number of hydrogen-bond acceptors (Lipinski definition) is 3. The van der Waals surface area contributed by atoms with E-state index in [4.69, 9.17) is 4.74 Å². The van der Waals surface area contributed by atoms with Gasteiger partial charge in [0, 0.05) is 25.2 Å². The smallest absolute Gasteiger partial charge is 0.410 e. The number of ether oxygens (including phenoxy) is 1. The molecule has 1 aliphatic rings. The zero-order chi connectivity index (χ0) is 16.0. The highest BCUT2D eigenvalue weighted by Gasteiger charge is 2.32. The molecule has 1 aliphatic heterocycles. The monoisotopic (exact) mass is 296 g/mol. The molecule has 4 heteroatoms. The van der Waals surface area contributed by atoms with E-state index in [1.54, 1.807) is 0 Å². The predicted molar refractivity (Wildman–Crippen MR) is 87.5 cm³/mol. The summed E-state index contributed by atoms with van der Waals surface area (Å²) < 4.78 is 5.50. The first-order valence-electron chi connectivity index (χ1n) is 8.05. The largest absolute Gasteiger partial charge is 0.444 e. The lowest BCUT2D eigenvalue weighted by atomic mass is 10.1. The van der Waals surface area contributed by atoms with Crippen LogP contribution in [-0.2, 0) is 4.74 Å². The van der Waals surface area contributed by atoms with Gasteiger partial charge in [0.2, 0.25) is 0 Å². The number of nitrogens with zero attached hydrogens (tertiary/aromatic N) is 1. The Bertz CT molecular complexity index is 367. The molecule has 1 N–H and O–H groups in total. The van der Waals surface area contributed by atoms with Gasteiger partial charge < -0.3 is 15.0 Å². The lowest BCUT2D eigenvalue weighted by molar-refractivity contribution is 0.0215. The van der Waals surface area contributed by atoms with Crippen molar-refractivity contribution in [3.05, 3.63) is 11.6 Å². The number of carbonyl (C=O) groups is 1. The molecule has 0 aromatic heterocycles. The molecule has 0 aliphatic carbocycles. The maximum Gasteiger partial charge on any atom is 0.410 e. The van der Waals surface area contributed by atoms with Gasteiger partial charge >= 0.3 is 6.09 Å². The summed E-state index contributed by atoms with van der Waals surface area (Å²) in [7, 11) is 0. The van der Waals surface area contributed by atoms with Crippen LogP contribution < -0.4 is 5.32 Å². The van der Waals surface area contributed by atoms with E-state index in [-0.39, 0.29) is 6.09 Å².